The highest BCUT2D eigenvalue weighted by molar-refractivity contribution is 5.91. The van der Waals surface area contributed by atoms with Crippen LogP contribution in [0.5, 0.6) is 0 Å². The summed E-state index contributed by atoms with van der Waals surface area (Å²) in [5, 5.41) is 6.86. The number of amides is 1. The van der Waals surface area contributed by atoms with Crippen molar-refractivity contribution in [2.45, 2.75) is 26.3 Å². The first-order chi connectivity index (χ1) is 7.11. The Morgan fingerprint density at radius 3 is 3.00 bits per heavy atom. The Balaban J connectivity index is 2.47. The third kappa shape index (κ3) is 3.97. The molecular formula is C11H17N3O. The Morgan fingerprint density at radius 1 is 1.73 bits per heavy atom. The van der Waals surface area contributed by atoms with Gasteiger partial charge in [0.05, 0.1) is 6.20 Å². The molecule has 4 nitrogen and oxygen atoms in total. The largest absolute Gasteiger partial charge is 0.350 e. The third-order valence-electron chi connectivity index (χ3n) is 2.15. The lowest BCUT2D eigenvalue weighted by Crippen LogP contribution is -2.30. The molecule has 0 saturated carbocycles. The van der Waals surface area contributed by atoms with Gasteiger partial charge in [-0.05, 0) is 19.4 Å². The highest BCUT2D eigenvalue weighted by Gasteiger charge is 2.00. The molecule has 0 radical (unpaired) electrons. The van der Waals surface area contributed by atoms with Crippen LogP contribution in [-0.4, -0.2) is 21.7 Å². The monoisotopic (exact) mass is 207 g/mol. The summed E-state index contributed by atoms with van der Waals surface area (Å²) in [6, 6.07) is 0.219. The fourth-order valence-electron chi connectivity index (χ4n) is 1.09. The minimum absolute atomic E-state index is 0.0618. The van der Waals surface area contributed by atoms with Gasteiger partial charge < -0.3 is 5.32 Å². The zero-order valence-corrected chi connectivity index (χ0v) is 9.40. The van der Waals surface area contributed by atoms with Crippen LogP contribution < -0.4 is 5.32 Å². The summed E-state index contributed by atoms with van der Waals surface area (Å²) < 4.78 is 1.70. The van der Waals surface area contributed by atoms with Crippen LogP contribution in [0.3, 0.4) is 0 Å². The van der Waals surface area contributed by atoms with Gasteiger partial charge in [-0.15, -0.1) is 0 Å². The zero-order valence-electron chi connectivity index (χ0n) is 9.40. The second-order valence-corrected chi connectivity index (χ2v) is 3.60. The fraction of sp³-hybridized carbons (Fsp3) is 0.455. The van der Waals surface area contributed by atoms with Crippen molar-refractivity contribution >= 4 is 12.0 Å². The van der Waals surface area contributed by atoms with E-state index in [2.05, 4.69) is 10.4 Å². The summed E-state index contributed by atoms with van der Waals surface area (Å²) in [5.41, 5.74) is 0.928. The average Bonchev–Trinajstić information content (AvgIpc) is 2.61. The summed E-state index contributed by atoms with van der Waals surface area (Å²) in [6.45, 7) is 4.02. The molecular weight excluding hydrogens is 190 g/mol. The molecule has 1 unspecified atom stereocenters. The quantitative estimate of drug-likeness (QED) is 0.757. The molecule has 0 aliphatic carbocycles. The van der Waals surface area contributed by atoms with E-state index in [-0.39, 0.29) is 11.9 Å². The maximum atomic E-state index is 11.4. The van der Waals surface area contributed by atoms with E-state index in [1.165, 1.54) is 6.08 Å². The van der Waals surface area contributed by atoms with Crippen molar-refractivity contribution in [2.24, 2.45) is 7.05 Å². The SMILES string of the molecule is CCC(C)NC(=O)C=Cc1cnn(C)c1. The molecule has 0 aliphatic rings. The Labute approximate surface area is 90.0 Å². The van der Waals surface area contributed by atoms with Crippen molar-refractivity contribution in [1.29, 1.82) is 0 Å². The number of nitrogens with zero attached hydrogens (tertiary/aromatic N) is 2. The molecule has 1 aromatic rings. The maximum absolute atomic E-state index is 11.4. The minimum atomic E-state index is -0.0618. The van der Waals surface area contributed by atoms with Crippen LogP contribution in [-0.2, 0) is 11.8 Å². The van der Waals surface area contributed by atoms with Crippen molar-refractivity contribution in [3.8, 4) is 0 Å². The number of hydrogen-bond donors (Lipinski definition) is 1. The first-order valence-corrected chi connectivity index (χ1v) is 5.09. The number of nitrogens with one attached hydrogen (secondary N) is 1. The number of aromatic nitrogens is 2. The van der Waals surface area contributed by atoms with Crippen LogP contribution in [0.1, 0.15) is 25.8 Å². The summed E-state index contributed by atoms with van der Waals surface area (Å²) in [6.07, 6.45) is 7.79. The van der Waals surface area contributed by atoms with E-state index in [1.54, 1.807) is 17.0 Å². The van der Waals surface area contributed by atoms with Crippen LogP contribution in [0.25, 0.3) is 6.08 Å². The Bertz CT molecular complexity index is 354. The van der Waals surface area contributed by atoms with Crippen LogP contribution in [0, 0.1) is 0 Å². The molecule has 82 valence electrons. The van der Waals surface area contributed by atoms with Gasteiger partial charge >= 0.3 is 0 Å². The van der Waals surface area contributed by atoms with Gasteiger partial charge in [0.15, 0.2) is 0 Å². The highest BCUT2D eigenvalue weighted by atomic mass is 16.1. The molecule has 0 bridgehead atoms. The molecule has 1 atom stereocenters. The Kier molecular flexibility index (Phi) is 4.09. The first kappa shape index (κ1) is 11.5. The lowest BCUT2D eigenvalue weighted by atomic mass is 10.2. The normalized spacial score (nSPS) is 13.0. The number of rotatable bonds is 4. The van der Waals surface area contributed by atoms with Gasteiger partial charge in [-0.3, -0.25) is 9.48 Å². The van der Waals surface area contributed by atoms with Gasteiger partial charge in [-0.1, -0.05) is 6.92 Å². The molecule has 1 aromatic heterocycles. The molecule has 15 heavy (non-hydrogen) atoms. The topological polar surface area (TPSA) is 46.9 Å². The Morgan fingerprint density at radius 2 is 2.47 bits per heavy atom. The van der Waals surface area contributed by atoms with Gasteiger partial charge in [0.25, 0.3) is 0 Å². The zero-order chi connectivity index (χ0) is 11.3. The standard InChI is InChI=1S/C11H17N3O/c1-4-9(2)13-11(15)6-5-10-7-12-14(3)8-10/h5-9H,4H2,1-3H3,(H,13,15). The van der Waals surface area contributed by atoms with Crippen molar-refractivity contribution in [3.05, 3.63) is 24.0 Å². The van der Waals surface area contributed by atoms with E-state index < -0.39 is 0 Å². The lowest BCUT2D eigenvalue weighted by molar-refractivity contribution is -0.117. The average molecular weight is 207 g/mol. The predicted octanol–water partition coefficient (Wildman–Crippen LogP) is 1.35. The van der Waals surface area contributed by atoms with Crippen molar-refractivity contribution < 1.29 is 4.79 Å². The van der Waals surface area contributed by atoms with E-state index in [0.29, 0.717) is 0 Å². The van der Waals surface area contributed by atoms with Gasteiger partial charge in [0.2, 0.25) is 5.91 Å². The first-order valence-electron chi connectivity index (χ1n) is 5.09. The molecule has 0 aromatic carbocycles. The van der Waals surface area contributed by atoms with E-state index >= 15 is 0 Å². The van der Waals surface area contributed by atoms with Gasteiger partial charge in [0.1, 0.15) is 0 Å². The highest BCUT2D eigenvalue weighted by Crippen LogP contribution is 1.99. The molecule has 0 aliphatic heterocycles. The summed E-state index contributed by atoms with van der Waals surface area (Å²) in [7, 11) is 1.84. The van der Waals surface area contributed by atoms with E-state index in [4.69, 9.17) is 0 Å². The number of carbonyl (C=O) groups is 1. The molecule has 1 N–H and O–H groups in total. The minimum Gasteiger partial charge on any atom is -0.350 e. The van der Waals surface area contributed by atoms with Gasteiger partial charge in [-0.2, -0.15) is 5.10 Å². The van der Waals surface area contributed by atoms with E-state index in [9.17, 15) is 4.79 Å². The van der Waals surface area contributed by atoms with Crippen LogP contribution in [0.2, 0.25) is 0 Å². The van der Waals surface area contributed by atoms with Crippen LogP contribution in [0.15, 0.2) is 18.5 Å². The summed E-state index contributed by atoms with van der Waals surface area (Å²) >= 11 is 0. The summed E-state index contributed by atoms with van der Waals surface area (Å²) in [5.74, 6) is -0.0618. The molecule has 0 spiro atoms. The predicted molar refractivity (Wildman–Crippen MR) is 60.1 cm³/mol. The second kappa shape index (κ2) is 5.34. The fourth-order valence-corrected chi connectivity index (χ4v) is 1.09. The molecule has 4 heteroatoms. The lowest BCUT2D eigenvalue weighted by Gasteiger charge is -2.08. The molecule has 0 fully saturated rings. The van der Waals surface area contributed by atoms with Crippen LogP contribution in [0.4, 0.5) is 0 Å². The van der Waals surface area contributed by atoms with Gasteiger partial charge in [-0.25, -0.2) is 0 Å². The number of aryl methyl sites for hydroxylation is 1. The van der Waals surface area contributed by atoms with Crippen molar-refractivity contribution in [2.75, 3.05) is 0 Å². The third-order valence-corrected chi connectivity index (χ3v) is 2.15. The van der Waals surface area contributed by atoms with Crippen LogP contribution >= 0.6 is 0 Å². The number of carbonyl (C=O) groups excluding carboxylic acids is 1. The van der Waals surface area contributed by atoms with E-state index in [1.807, 2.05) is 27.1 Å². The van der Waals surface area contributed by atoms with Crippen molar-refractivity contribution in [3.63, 3.8) is 0 Å². The smallest absolute Gasteiger partial charge is 0.244 e. The van der Waals surface area contributed by atoms with E-state index in [0.717, 1.165) is 12.0 Å². The molecule has 1 heterocycles. The van der Waals surface area contributed by atoms with Crippen molar-refractivity contribution in [1.82, 2.24) is 15.1 Å². The number of hydrogen-bond acceptors (Lipinski definition) is 2. The summed E-state index contributed by atoms with van der Waals surface area (Å²) in [4.78, 5) is 11.4. The maximum Gasteiger partial charge on any atom is 0.244 e. The Hall–Kier alpha value is -1.58. The molecule has 1 rings (SSSR count). The van der Waals surface area contributed by atoms with Gasteiger partial charge in [0, 0.05) is 30.9 Å². The molecule has 0 saturated heterocycles. The second-order valence-electron chi connectivity index (χ2n) is 3.60. The molecule has 1 amide bonds.